The van der Waals surface area contributed by atoms with Crippen molar-refractivity contribution in [2.45, 2.75) is 45.6 Å². The maximum atomic E-state index is 10.5. The molecular weight excluding hydrogens is 282 g/mol. The molecule has 0 spiro atoms. The summed E-state index contributed by atoms with van der Waals surface area (Å²) < 4.78 is 5.34. The summed E-state index contributed by atoms with van der Waals surface area (Å²) in [5.74, 6) is 0.723. The molecule has 0 saturated heterocycles. The van der Waals surface area contributed by atoms with E-state index >= 15 is 0 Å². The zero-order valence-corrected chi connectivity index (χ0v) is 14.1. The summed E-state index contributed by atoms with van der Waals surface area (Å²) >= 11 is 1.61. The molecule has 4 heteroatoms. The first-order valence-corrected chi connectivity index (χ1v) is 7.96. The summed E-state index contributed by atoms with van der Waals surface area (Å²) in [4.78, 5) is 4.64. The van der Waals surface area contributed by atoms with E-state index in [2.05, 4.69) is 31.1 Å². The van der Waals surface area contributed by atoms with E-state index in [1.165, 1.54) is 0 Å². The van der Waals surface area contributed by atoms with Crippen molar-refractivity contribution in [3.63, 3.8) is 0 Å². The molecule has 21 heavy (non-hydrogen) atoms. The van der Waals surface area contributed by atoms with Gasteiger partial charge in [0.15, 0.2) is 0 Å². The molecule has 0 amide bonds. The number of rotatable bonds is 4. The average molecular weight is 305 g/mol. The van der Waals surface area contributed by atoms with Gasteiger partial charge >= 0.3 is 0 Å². The van der Waals surface area contributed by atoms with Crippen molar-refractivity contribution in [2.75, 3.05) is 7.11 Å². The van der Waals surface area contributed by atoms with Crippen molar-refractivity contribution in [3.8, 4) is 5.75 Å². The van der Waals surface area contributed by atoms with Gasteiger partial charge in [0, 0.05) is 22.8 Å². The Hall–Kier alpha value is -1.39. The van der Waals surface area contributed by atoms with E-state index in [1.807, 2.05) is 25.1 Å². The standard InChI is InChI=1S/C17H23NO2S/c1-11-6-7-14(20-5)12(8-11)13(19)9-16-18-15(10-21-16)17(2,3)4/h6-8,10,13,19H,9H2,1-5H3. The summed E-state index contributed by atoms with van der Waals surface area (Å²) in [6.45, 7) is 8.44. The summed E-state index contributed by atoms with van der Waals surface area (Å²) in [6.07, 6.45) is -0.0839. The van der Waals surface area contributed by atoms with E-state index < -0.39 is 6.10 Å². The van der Waals surface area contributed by atoms with Crippen molar-refractivity contribution in [3.05, 3.63) is 45.4 Å². The second-order valence-corrected chi connectivity index (χ2v) is 7.28. The van der Waals surface area contributed by atoms with Gasteiger partial charge in [0.1, 0.15) is 5.75 Å². The summed E-state index contributed by atoms with van der Waals surface area (Å²) in [5, 5.41) is 13.5. The minimum atomic E-state index is -0.598. The summed E-state index contributed by atoms with van der Waals surface area (Å²) in [6, 6.07) is 5.86. The highest BCUT2D eigenvalue weighted by Crippen LogP contribution is 2.31. The molecule has 0 aliphatic heterocycles. The molecule has 114 valence electrons. The van der Waals surface area contributed by atoms with Gasteiger partial charge in [0.2, 0.25) is 0 Å². The molecule has 1 atom stereocenters. The Labute approximate surface area is 130 Å². The van der Waals surface area contributed by atoms with Gasteiger partial charge in [0.05, 0.1) is 23.9 Å². The molecule has 0 aliphatic carbocycles. The number of ether oxygens (including phenoxy) is 1. The van der Waals surface area contributed by atoms with E-state index in [-0.39, 0.29) is 5.41 Å². The molecule has 1 N–H and O–H groups in total. The largest absolute Gasteiger partial charge is 0.496 e. The highest BCUT2D eigenvalue weighted by Gasteiger charge is 2.20. The van der Waals surface area contributed by atoms with Gasteiger partial charge in [-0.2, -0.15) is 0 Å². The highest BCUT2D eigenvalue weighted by atomic mass is 32.1. The Morgan fingerprint density at radius 1 is 1.33 bits per heavy atom. The Bertz CT molecular complexity index is 613. The second-order valence-electron chi connectivity index (χ2n) is 6.34. The predicted octanol–water partition coefficient (Wildman–Crippen LogP) is 4.03. The molecule has 0 radical (unpaired) electrons. The van der Waals surface area contributed by atoms with Crippen LogP contribution in [0.1, 0.15) is 48.7 Å². The molecule has 0 saturated carbocycles. The SMILES string of the molecule is COc1ccc(C)cc1C(O)Cc1nc(C(C)(C)C)cs1. The summed E-state index contributed by atoms with van der Waals surface area (Å²) in [5.41, 5.74) is 3.05. The van der Waals surface area contributed by atoms with Crippen molar-refractivity contribution in [1.29, 1.82) is 0 Å². The van der Waals surface area contributed by atoms with Gasteiger partial charge in [-0.3, -0.25) is 0 Å². The normalized spacial score (nSPS) is 13.2. The molecule has 0 aliphatic rings. The second kappa shape index (κ2) is 6.16. The zero-order valence-electron chi connectivity index (χ0n) is 13.3. The molecule has 3 nitrogen and oxygen atoms in total. The number of aliphatic hydroxyl groups excluding tert-OH is 1. The van der Waals surface area contributed by atoms with Gasteiger partial charge in [-0.05, 0) is 19.1 Å². The third kappa shape index (κ3) is 3.83. The van der Waals surface area contributed by atoms with Crippen LogP contribution in [-0.4, -0.2) is 17.2 Å². The number of nitrogens with zero attached hydrogens (tertiary/aromatic N) is 1. The van der Waals surface area contributed by atoms with E-state index in [4.69, 9.17) is 4.74 Å². The Morgan fingerprint density at radius 3 is 2.62 bits per heavy atom. The quantitative estimate of drug-likeness (QED) is 0.927. The van der Waals surface area contributed by atoms with Crippen LogP contribution in [0.3, 0.4) is 0 Å². The van der Waals surface area contributed by atoms with Gasteiger partial charge in [-0.25, -0.2) is 4.98 Å². The minimum Gasteiger partial charge on any atom is -0.496 e. The zero-order chi connectivity index (χ0) is 15.6. The summed E-state index contributed by atoms with van der Waals surface area (Å²) in [7, 11) is 1.63. The maximum Gasteiger partial charge on any atom is 0.124 e. The van der Waals surface area contributed by atoms with Crippen LogP contribution in [0.2, 0.25) is 0 Å². The fourth-order valence-corrected chi connectivity index (χ4v) is 3.20. The molecule has 1 aromatic heterocycles. The maximum absolute atomic E-state index is 10.5. The molecule has 0 fully saturated rings. The number of aliphatic hydroxyl groups is 1. The van der Waals surface area contributed by atoms with Crippen molar-refractivity contribution >= 4 is 11.3 Å². The van der Waals surface area contributed by atoms with Crippen LogP contribution in [0.5, 0.6) is 5.75 Å². The third-order valence-electron chi connectivity index (χ3n) is 3.43. The van der Waals surface area contributed by atoms with Crippen LogP contribution in [0.15, 0.2) is 23.6 Å². The lowest BCUT2D eigenvalue weighted by Gasteiger charge is -2.15. The molecule has 2 aromatic rings. The predicted molar refractivity (Wildman–Crippen MR) is 87.2 cm³/mol. The minimum absolute atomic E-state index is 0.0424. The molecule has 1 heterocycles. The van der Waals surface area contributed by atoms with Crippen molar-refractivity contribution < 1.29 is 9.84 Å². The number of hydrogen-bond acceptors (Lipinski definition) is 4. The number of aromatic nitrogens is 1. The number of methoxy groups -OCH3 is 1. The fourth-order valence-electron chi connectivity index (χ4n) is 2.14. The number of aryl methyl sites for hydroxylation is 1. The molecule has 2 rings (SSSR count). The smallest absolute Gasteiger partial charge is 0.124 e. The van der Waals surface area contributed by atoms with Gasteiger partial charge in [-0.1, -0.05) is 32.4 Å². The van der Waals surface area contributed by atoms with E-state index in [9.17, 15) is 5.11 Å². The first kappa shape index (κ1) is 16.0. The molecule has 1 unspecified atom stereocenters. The Balaban J connectivity index is 2.20. The highest BCUT2D eigenvalue weighted by molar-refractivity contribution is 7.09. The Morgan fingerprint density at radius 2 is 2.05 bits per heavy atom. The van der Waals surface area contributed by atoms with Crippen LogP contribution in [-0.2, 0) is 11.8 Å². The lowest BCUT2D eigenvalue weighted by Crippen LogP contribution is -2.12. The van der Waals surface area contributed by atoms with Crippen molar-refractivity contribution in [2.24, 2.45) is 0 Å². The first-order valence-electron chi connectivity index (χ1n) is 7.08. The third-order valence-corrected chi connectivity index (χ3v) is 4.30. The van der Waals surface area contributed by atoms with Gasteiger partial charge in [-0.15, -0.1) is 11.3 Å². The number of thiazole rings is 1. The number of benzene rings is 1. The first-order chi connectivity index (χ1) is 9.81. The van der Waals surface area contributed by atoms with Crippen molar-refractivity contribution in [1.82, 2.24) is 4.98 Å². The lowest BCUT2D eigenvalue weighted by atomic mass is 9.93. The van der Waals surface area contributed by atoms with E-state index in [0.717, 1.165) is 27.6 Å². The van der Waals surface area contributed by atoms with Crippen LogP contribution < -0.4 is 4.74 Å². The van der Waals surface area contributed by atoms with Gasteiger partial charge < -0.3 is 9.84 Å². The van der Waals surface area contributed by atoms with Gasteiger partial charge in [0.25, 0.3) is 0 Å². The fraction of sp³-hybridized carbons (Fsp3) is 0.471. The average Bonchev–Trinajstić information content (AvgIpc) is 2.87. The van der Waals surface area contributed by atoms with Crippen LogP contribution in [0.4, 0.5) is 0 Å². The molecular formula is C17H23NO2S. The number of hydrogen-bond donors (Lipinski definition) is 1. The van der Waals surface area contributed by atoms with Crippen LogP contribution in [0, 0.1) is 6.92 Å². The van der Waals surface area contributed by atoms with Crippen LogP contribution in [0.25, 0.3) is 0 Å². The van der Waals surface area contributed by atoms with E-state index in [0.29, 0.717) is 6.42 Å². The molecule has 1 aromatic carbocycles. The van der Waals surface area contributed by atoms with E-state index in [1.54, 1.807) is 18.4 Å². The Kier molecular flexibility index (Phi) is 4.69. The topological polar surface area (TPSA) is 42.4 Å². The monoisotopic (exact) mass is 305 g/mol. The lowest BCUT2D eigenvalue weighted by molar-refractivity contribution is 0.173. The molecule has 0 bridgehead atoms. The van der Waals surface area contributed by atoms with Crippen LogP contribution >= 0.6 is 11.3 Å².